The van der Waals surface area contributed by atoms with Crippen LogP contribution in [-0.2, 0) is 6.42 Å². The largest absolute Gasteiger partial charge is 0.404 e. The predicted molar refractivity (Wildman–Crippen MR) is 88.9 cm³/mol. The fraction of sp³-hybridized carbons (Fsp3) is 0.158. The number of aromatic nitrogens is 2. The Hall–Kier alpha value is -3.02. The third kappa shape index (κ3) is 3.91. The summed E-state index contributed by atoms with van der Waals surface area (Å²) in [6.07, 6.45) is 1.55. The second-order valence-electron chi connectivity index (χ2n) is 5.52. The molecule has 0 aliphatic carbocycles. The van der Waals surface area contributed by atoms with Crippen LogP contribution in [0.15, 0.2) is 54.6 Å². The van der Waals surface area contributed by atoms with Gasteiger partial charge in [-0.15, -0.1) is 0 Å². The number of ether oxygens (including phenoxy) is 1. The highest BCUT2D eigenvalue weighted by Gasteiger charge is 2.16. The number of benzene rings is 2. The van der Waals surface area contributed by atoms with Crippen molar-refractivity contribution in [2.45, 2.75) is 19.8 Å². The van der Waals surface area contributed by atoms with Crippen molar-refractivity contribution in [1.82, 2.24) is 9.78 Å². The second-order valence-corrected chi connectivity index (χ2v) is 5.52. The summed E-state index contributed by atoms with van der Waals surface area (Å²) in [5.41, 5.74) is 1.24. The Morgan fingerprint density at radius 2 is 1.80 bits per heavy atom. The number of esters is 1. The van der Waals surface area contributed by atoms with Crippen LogP contribution in [0, 0.1) is 11.6 Å². The zero-order chi connectivity index (χ0) is 17.8. The molecular formula is C19H16F2N2O2. The zero-order valence-corrected chi connectivity index (χ0v) is 13.6. The van der Waals surface area contributed by atoms with Crippen molar-refractivity contribution in [3.63, 3.8) is 0 Å². The molecule has 0 saturated carbocycles. The van der Waals surface area contributed by atoms with E-state index >= 15 is 0 Å². The molecule has 1 heterocycles. The van der Waals surface area contributed by atoms with E-state index < -0.39 is 17.6 Å². The van der Waals surface area contributed by atoms with Gasteiger partial charge in [-0.3, -0.25) is 0 Å². The van der Waals surface area contributed by atoms with Gasteiger partial charge in [-0.2, -0.15) is 5.10 Å². The van der Waals surface area contributed by atoms with Gasteiger partial charge < -0.3 is 4.74 Å². The average molecular weight is 342 g/mol. The van der Waals surface area contributed by atoms with E-state index in [1.54, 1.807) is 18.2 Å². The molecule has 0 amide bonds. The molecule has 25 heavy (non-hydrogen) atoms. The molecule has 4 nitrogen and oxygen atoms in total. The van der Waals surface area contributed by atoms with Gasteiger partial charge in [-0.1, -0.05) is 25.5 Å². The molecule has 0 spiro atoms. The summed E-state index contributed by atoms with van der Waals surface area (Å²) < 4.78 is 33.6. The maximum absolute atomic E-state index is 13.5. The molecule has 0 aliphatic heterocycles. The quantitative estimate of drug-likeness (QED) is 0.649. The molecule has 0 unspecified atom stereocenters. The first-order valence-electron chi connectivity index (χ1n) is 7.89. The number of nitrogens with zero attached hydrogens (tertiary/aromatic N) is 2. The van der Waals surface area contributed by atoms with Crippen LogP contribution < -0.4 is 4.74 Å². The average Bonchev–Trinajstić information content (AvgIpc) is 2.97. The number of hydrogen-bond donors (Lipinski definition) is 0. The van der Waals surface area contributed by atoms with Crippen LogP contribution in [0.3, 0.4) is 0 Å². The van der Waals surface area contributed by atoms with Crippen LogP contribution in [0.4, 0.5) is 8.78 Å². The smallest absolute Gasteiger partial charge is 0.344 e. The number of aryl methyl sites for hydroxylation is 1. The number of hydrogen-bond acceptors (Lipinski definition) is 3. The van der Waals surface area contributed by atoms with Crippen LogP contribution >= 0.6 is 0 Å². The van der Waals surface area contributed by atoms with E-state index in [4.69, 9.17) is 4.74 Å². The molecule has 0 atom stereocenters. The topological polar surface area (TPSA) is 44.1 Å². The van der Waals surface area contributed by atoms with E-state index in [-0.39, 0.29) is 11.4 Å². The minimum absolute atomic E-state index is 0.0871. The minimum atomic E-state index is -0.708. The predicted octanol–water partition coefficient (Wildman–Crippen LogP) is 4.32. The highest BCUT2D eigenvalue weighted by molar-refractivity contribution is 5.90. The molecule has 0 aliphatic rings. The molecule has 128 valence electrons. The molecule has 1 aromatic heterocycles. The Morgan fingerprint density at radius 3 is 2.48 bits per heavy atom. The minimum Gasteiger partial charge on any atom is -0.404 e. The summed E-state index contributed by atoms with van der Waals surface area (Å²) in [6, 6.07) is 12.7. The van der Waals surface area contributed by atoms with E-state index in [2.05, 4.69) is 5.10 Å². The van der Waals surface area contributed by atoms with Gasteiger partial charge in [0.05, 0.1) is 16.9 Å². The highest BCUT2D eigenvalue weighted by atomic mass is 19.1. The van der Waals surface area contributed by atoms with Gasteiger partial charge in [-0.25, -0.2) is 18.3 Å². The summed E-state index contributed by atoms with van der Waals surface area (Å²) in [4.78, 5) is 12.3. The first-order chi connectivity index (χ1) is 12.1. The monoisotopic (exact) mass is 342 g/mol. The standard InChI is InChI=1S/C19H16F2N2O2/c1-2-5-16-12-18(23(22-16)17-9-4-8-15(21)11-17)25-19(24)13-6-3-7-14(20)10-13/h3-4,6-12H,2,5H2,1H3. The lowest BCUT2D eigenvalue weighted by molar-refractivity contribution is 0.0722. The van der Waals surface area contributed by atoms with E-state index in [1.165, 1.54) is 35.0 Å². The van der Waals surface area contributed by atoms with Crippen LogP contribution in [-0.4, -0.2) is 15.7 Å². The lowest BCUT2D eigenvalue weighted by Crippen LogP contribution is -2.12. The van der Waals surface area contributed by atoms with Crippen molar-refractivity contribution >= 4 is 5.97 Å². The van der Waals surface area contributed by atoms with E-state index in [1.807, 2.05) is 6.92 Å². The molecule has 3 rings (SSSR count). The SMILES string of the molecule is CCCc1cc(OC(=O)c2cccc(F)c2)n(-c2cccc(F)c2)n1. The Morgan fingerprint density at radius 1 is 1.08 bits per heavy atom. The maximum Gasteiger partial charge on any atom is 0.344 e. The third-order valence-corrected chi connectivity index (χ3v) is 3.54. The Bertz CT molecular complexity index is 906. The Kier molecular flexibility index (Phi) is 4.88. The van der Waals surface area contributed by atoms with E-state index in [0.29, 0.717) is 17.8 Å². The van der Waals surface area contributed by atoms with E-state index in [0.717, 1.165) is 12.5 Å². The van der Waals surface area contributed by atoms with Crippen molar-refractivity contribution in [1.29, 1.82) is 0 Å². The number of halogens is 2. The van der Waals surface area contributed by atoms with Crippen LogP contribution in [0.25, 0.3) is 5.69 Å². The summed E-state index contributed by atoms with van der Waals surface area (Å²) in [5.74, 6) is -1.50. The van der Waals surface area contributed by atoms with Gasteiger partial charge in [0.25, 0.3) is 0 Å². The summed E-state index contributed by atoms with van der Waals surface area (Å²) >= 11 is 0. The van der Waals surface area contributed by atoms with Crippen molar-refractivity contribution in [2.75, 3.05) is 0 Å². The van der Waals surface area contributed by atoms with Gasteiger partial charge in [0.2, 0.25) is 5.88 Å². The Balaban J connectivity index is 1.95. The Labute approximate surface area is 143 Å². The fourth-order valence-corrected chi connectivity index (χ4v) is 2.42. The van der Waals surface area contributed by atoms with Crippen molar-refractivity contribution in [3.05, 3.63) is 77.5 Å². The maximum atomic E-state index is 13.5. The first kappa shape index (κ1) is 16.8. The lowest BCUT2D eigenvalue weighted by atomic mass is 10.2. The molecular weight excluding hydrogens is 326 g/mol. The fourth-order valence-electron chi connectivity index (χ4n) is 2.42. The molecule has 0 fully saturated rings. The molecule has 2 aromatic carbocycles. The van der Waals surface area contributed by atoms with Crippen molar-refractivity contribution in [2.24, 2.45) is 0 Å². The van der Waals surface area contributed by atoms with Gasteiger partial charge in [0, 0.05) is 6.07 Å². The van der Waals surface area contributed by atoms with E-state index in [9.17, 15) is 13.6 Å². The summed E-state index contributed by atoms with van der Waals surface area (Å²) in [5, 5.41) is 4.37. The first-order valence-corrected chi connectivity index (χ1v) is 7.89. The van der Waals surface area contributed by atoms with Crippen molar-refractivity contribution in [3.8, 4) is 11.6 Å². The highest BCUT2D eigenvalue weighted by Crippen LogP contribution is 2.22. The van der Waals surface area contributed by atoms with Crippen molar-refractivity contribution < 1.29 is 18.3 Å². The van der Waals surface area contributed by atoms with Gasteiger partial charge in [0.1, 0.15) is 11.6 Å². The number of rotatable bonds is 5. The van der Waals surface area contributed by atoms with Gasteiger partial charge in [-0.05, 0) is 42.8 Å². The molecule has 0 saturated heterocycles. The normalized spacial score (nSPS) is 10.7. The zero-order valence-electron chi connectivity index (χ0n) is 13.6. The number of carbonyl (C=O) groups is 1. The summed E-state index contributed by atoms with van der Waals surface area (Å²) in [6.45, 7) is 2.00. The van der Waals surface area contributed by atoms with Crippen LogP contribution in [0.2, 0.25) is 0 Å². The molecule has 0 bridgehead atoms. The molecule has 0 radical (unpaired) electrons. The molecule has 0 N–H and O–H groups in total. The van der Waals surface area contributed by atoms with Crippen LogP contribution in [0.5, 0.6) is 5.88 Å². The molecule has 3 aromatic rings. The third-order valence-electron chi connectivity index (χ3n) is 3.54. The van der Waals surface area contributed by atoms with Crippen LogP contribution in [0.1, 0.15) is 29.4 Å². The second kappa shape index (κ2) is 7.25. The number of carbonyl (C=O) groups excluding carboxylic acids is 1. The van der Waals surface area contributed by atoms with Gasteiger partial charge in [0.15, 0.2) is 0 Å². The summed E-state index contributed by atoms with van der Waals surface area (Å²) in [7, 11) is 0. The van der Waals surface area contributed by atoms with Gasteiger partial charge >= 0.3 is 5.97 Å². The molecule has 6 heteroatoms. The lowest BCUT2D eigenvalue weighted by Gasteiger charge is -2.08.